The van der Waals surface area contributed by atoms with Gasteiger partial charge < -0.3 is 4.98 Å². The number of benzene rings is 1. The fraction of sp³-hybridized carbons (Fsp3) is 0.143. The van der Waals surface area contributed by atoms with Gasteiger partial charge in [-0.2, -0.15) is 0 Å². The number of para-hydroxylation sites is 1. The summed E-state index contributed by atoms with van der Waals surface area (Å²) in [6.07, 6.45) is 0. The van der Waals surface area contributed by atoms with Crippen molar-refractivity contribution < 1.29 is 4.92 Å². The summed E-state index contributed by atoms with van der Waals surface area (Å²) < 4.78 is 0. The minimum atomic E-state index is -0.408. The first-order chi connectivity index (χ1) is 9.45. The van der Waals surface area contributed by atoms with E-state index in [1.807, 2.05) is 0 Å². The summed E-state index contributed by atoms with van der Waals surface area (Å²) in [5, 5.41) is 11.2. The summed E-state index contributed by atoms with van der Waals surface area (Å²) in [5.74, 6) is 0.782. The third-order valence-corrected chi connectivity index (χ3v) is 2.94. The Labute approximate surface area is 116 Å². The van der Waals surface area contributed by atoms with Crippen LogP contribution < -0.4 is 0 Å². The second-order valence-corrected chi connectivity index (χ2v) is 4.45. The normalized spacial score (nSPS) is 10.3. The van der Waals surface area contributed by atoms with E-state index >= 15 is 0 Å². The average Bonchev–Trinajstić information content (AvgIpc) is 2.82. The first-order valence-corrected chi connectivity index (χ1v) is 5.92. The van der Waals surface area contributed by atoms with E-state index in [9.17, 15) is 10.1 Å². The number of nitrogens with zero attached hydrogens (tertiary/aromatic N) is 3. The number of aryl methyl sites for hydroxylation is 1. The lowest BCUT2D eigenvalue weighted by atomic mass is 10.1. The molecular formula is C14H14N4O2. The molecule has 0 aliphatic rings. The smallest absolute Gasteiger partial charge is 0.283 e. The van der Waals surface area contributed by atoms with Crippen molar-refractivity contribution in [2.75, 3.05) is 0 Å². The van der Waals surface area contributed by atoms with Crippen LogP contribution in [-0.2, 0) is 0 Å². The molecule has 20 heavy (non-hydrogen) atoms. The number of aromatic nitrogens is 2. The second kappa shape index (κ2) is 5.08. The highest BCUT2D eigenvalue weighted by molar-refractivity contribution is 5.76. The Balaban J connectivity index is 2.69. The van der Waals surface area contributed by atoms with E-state index in [4.69, 9.17) is 0 Å². The third kappa shape index (κ3) is 2.23. The SMILES string of the molecule is C=Nc1nc(-c2cccc(C)c2[N+](=O)[O-])[nH]c1C(=C)C. The predicted molar refractivity (Wildman–Crippen MR) is 79.3 cm³/mol. The third-order valence-electron chi connectivity index (χ3n) is 2.94. The van der Waals surface area contributed by atoms with Crippen LogP contribution in [0.5, 0.6) is 0 Å². The van der Waals surface area contributed by atoms with Gasteiger partial charge in [-0.25, -0.2) is 9.98 Å². The second-order valence-electron chi connectivity index (χ2n) is 4.45. The zero-order chi connectivity index (χ0) is 14.9. The van der Waals surface area contributed by atoms with E-state index in [0.29, 0.717) is 28.5 Å². The number of nitrogens with one attached hydrogen (secondary N) is 1. The molecule has 0 saturated carbocycles. The van der Waals surface area contributed by atoms with Gasteiger partial charge in [0, 0.05) is 5.56 Å². The van der Waals surface area contributed by atoms with Crippen LogP contribution in [0.2, 0.25) is 0 Å². The Morgan fingerprint density at radius 2 is 2.20 bits per heavy atom. The summed E-state index contributed by atoms with van der Waals surface area (Å²) in [5.41, 5.74) is 2.40. The molecule has 1 heterocycles. The number of allylic oxidation sites excluding steroid dienone is 1. The number of nitro benzene ring substituents is 1. The van der Waals surface area contributed by atoms with Crippen molar-refractivity contribution in [3.05, 3.63) is 46.1 Å². The van der Waals surface area contributed by atoms with Gasteiger partial charge >= 0.3 is 0 Å². The lowest BCUT2D eigenvalue weighted by Gasteiger charge is -2.02. The molecule has 0 aliphatic heterocycles. The van der Waals surface area contributed by atoms with Crippen molar-refractivity contribution in [2.24, 2.45) is 4.99 Å². The molecule has 0 radical (unpaired) electrons. The first-order valence-electron chi connectivity index (χ1n) is 5.92. The molecule has 1 aromatic carbocycles. The van der Waals surface area contributed by atoms with Gasteiger partial charge in [-0.1, -0.05) is 18.7 Å². The number of nitro groups is 1. The van der Waals surface area contributed by atoms with Gasteiger partial charge in [0.1, 0.15) is 5.82 Å². The molecule has 1 N–H and O–H groups in total. The number of H-pyrrole nitrogens is 1. The zero-order valence-corrected chi connectivity index (χ0v) is 11.3. The lowest BCUT2D eigenvalue weighted by molar-refractivity contribution is -0.384. The Kier molecular flexibility index (Phi) is 3.47. The largest absolute Gasteiger partial charge is 0.336 e. The Bertz CT molecular complexity index is 716. The van der Waals surface area contributed by atoms with E-state index in [-0.39, 0.29) is 5.69 Å². The van der Waals surface area contributed by atoms with Crippen LogP contribution in [0.3, 0.4) is 0 Å². The molecule has 0 atom stereocenters. The summed E-state index contributed by atoms with van der Waals surface area (Å²) in [4.78, 5) is 21.9. The van der Waals surface area contributed by atoms with Gasteiger partial charge in [0.05, 0.1) is 16.2 Å². The summed E-state index contributed by atoms with van der Waals surface area (Å²) in [6, 6.07) is 5.09. The quantitative estimate of drug-likeness (QED) is 0.522. The molecule has 2 aromatic rings. The molecular weight excluding hydrogens is 256 g/mol. The van der Waals surface area contributed by atoms with E-state index in [0.717, 1.165) is 5.57 Å². The average molecular weight is 270 g/mol. The molecule has 102 valence electrons. The highest BCUT2D eigenvalue weighted by Crippen LogP contribution is 2.34. The number of aromatic amines is 1. The molecule has 0 fully saturated rings. The first kappa shape index (κ1) is 13.7. The van der Waals surface area contributed by atoms with Gasteiger partial charge in [0.2, 0.25) is 0 Å². The van der Waals surface area contributed by atoms with E-state index < -0.39 is 4.92 Å². The van der Waals surface area contributed by atoms with Crippen molar-refractivity contribution in [3.8, 4) is 11.4 Å². The summed E-state index contributed by atoms with van der Waals surface area (Å²) in [7, 11) is 0. The standard InChI is InChI=1S/C14H14N4O2/c1-8(2)11-14(15-4)17-13(16-11)10-7-5-6-9(3)12(10)18(19)20/h5-7H,1,4H2,2-3H3,(H,16,17). The number of aliphatic imine (C=N–C) groups is 1. The fourth-order valence-electron chi connectivity index (χ4n) is 2.00. The number of hydrogen-bond donors (Lipinski definition) is 1. The van der Waals surface area contributed by atoms with Crippen LogP contribution in [0.25, 0.3) is 17.0 Å². The maximum Gasteiger partial charge on any atom is 0.283 e. The maximum absolute atomic E-state index is 11.2. The molecule has 1 aromatic heterocycles. The van der Waals surface area contributed by atoms with E-state index in [2.05, 4.69) is 28.3 Å². The van der Waals surface area contributed by atoms with Crippen molar-refractivity contribution in [2.45, 2.75) is 13.8 Å². The van der Waals surface area contributed by atoms with Crippen LogP contribution in [0, 0.1) is 17.0 Å². The molecule has 0 aliphatic carbocycles. The summed E-state index contributed by atoms with van der Waals surface area (Å²) in [6.45, 7) is 10.8. The van der Waals surface area contributed by atoms with Crippen LogP contribution in [0.4, 0.5) is 11.5 Å². The Hall–Kier alpha value is -2.76. The van der Waals surface area contributed by atoms with Gasteiger partial charge in [-0.3, -0.25) is 10.1 Å². The van der Waals surface area contributed by atoms with E-state index in [1.54, 1.807) is 32.0 Å². The van der Waals surface area contributed by atoms with Crippen molar-refractivity contribution >= 4 is 23.8 Å². The van der Waals surface area contributed by atoms with Crippen molar-refractivity contribution in [3.63, 3.8) is 0 Å². The number of rotatable bonds is 4. The molecule has 2 rings (SSSR count). The maximum atomic E-state index is 11.2. The molecule has 0 spiro atoms. The van der Waals surface area contributed by atoms with E-state index in [1.165, 1.54) is 0 Å². The highest BCUT2D eigenvalue weighted by Gasteiger charge is 2.21. The minimum absolute atomic E-state index is 0.0325. The van der Waals surface area contributed by atoms with Gasteiger partial charge in [-0.05, 0) is 32.2 Å². The van der Waals surface area contributed by atoms with Crippen molar-refractivity contribution in [1.82, 2.24) is 9.97 Å². The monoisotopic (exact) mass is 270 g/mol. The molecule has 6 nitrogen and oxygen atoms in total. The number of imidazole rings is 1. The van der Waals surface area contributed by atoms with Crippen molar-refractivity contribution in [1.29, 1.82) is 0 Å². The van der Waals surface area contributed by atoms with Gasteiger partial charge in [0.15, 0.2) is 5.82 Å². The van der Waals surface area contributed by atoms with Crippen LogP contribution in [0.1, 0.15) is 18.2 Å². The molecule has 0 saturated heterocycles. The van der Waals surface area contributed by atoms with Crippen LogP contribution in [-0.4, -0.2) is 21.6 Å². The van der Waals surface area contributed by atoms with Crippen LogP contribution in [0.15, 0.2) is 29.8 Å². The Morgan fingerprint density at radius 3 is 2.70 bits per heavy atom. The molecule has 6 heteroatoms. The lowest BCUT2D eigenvalue weighted by Crippen LogP contribution is -1.96. The number of hydrogen-bond acceptors (Lipinski definition) is 4. The molecule has 0 bridgehead atoms. The predicted octanol–water partition coefficient (Wildman–Crippen LogP) is 3.66. The van der Waals surface area contributed by atoms with Gasteiger partial charge in [0.25, 0.3) is 5.69 Å². The Morgan fingerprint density at radius 1 is 1.50 bits per heavy atom. The highest BCUT2D eigenvalue weighted by atomic mass is 16.6. The van der Waals surface area contributed by atoms with Gasteiger partial charge in [-0.15, -0.1) is 0 Å². The molecule has 0 amide bonds. The molecule has 0 unspecified atom stereocenters. The van der Waals surface area contributed by atoms with Crippen LogP contribution >= 0.6 is 0 Å². The minimum Gasteiger partial charge on any atom is -0.336 e. The zero-order valence-electron chi connectivity index (χ0n) is 11.3. The fourth-order valence-corrected chi connectivity index (χ4v) is 2.00. The topological polar surface area (TPSA) is 84.2 Å². The summed E-state index contributed by atoms with van der Waals surface area (Å²) >= 11 is 0.